The molecule has 0 spiro atoms. The molecule has 0 fully saturated rings. The number of aryl methyl sites for hydroxylation is 2. The monoisotopic (exact) mass is 360 g/mol. The third kappa shape index (κ3) is 3.70. The van der Waals surface area contributed by atoms with E-state index in [0.29, 0.717) is 0 Å². The first-order valence-electron chi connectivity index (χ1n) is 9.00. The van der Waals surface area contributed by atoms with Crippen molar-refractivity contribution < 1.29 is 8.91 Å². The molecular weight excluding hydrogens is 339 g/mol. The molecule has 0 saturated carbocycles. The molecule has 0 unspecified atom stereocenters. The van der Waals surface area contributed by atoms with Crippen molar-refractivity contribution in [3.63, 3.8) is 0 Å². The maximum Gasteiger partial charge on any atom is 0.141 e. The van der Waals surface area contributed by atoms with E-state index < -0.39 is 0 Å². The first-order valence-corrected chi connectivity index (χ1v) is 9.00. The Bertz CT molecular complexity index is 981. The minimum absolute atomic E-state index is 0.224. The van der Waals surface area contributed by atoms with E-state index >= 15 is 0 Å². The van der Waals surface area contributed by atoms with Crippen molar-refractivity contribution in [3.05, 3.63) is 101 Å². The third-order valence-electron chi connectivity index (χ3n) is 4.79. The van der Waals surface area contributed by atoms with Crippen molar-refractivity contribution in [1.82, 2.24) is 10.1 Å². The summed E-state index contributed by atoms with van der Waals surface area (Å²) in [6, 6.07) is 17.0. The Morgan fingerprint density at radius 3 is 2.44 bits per heavy atom. The van der Waals surface area contributed by atoms with E-state index in [4.69, 9.17) is 4.52 Å². The van der Waals surface area contributed by atoms with Crippen LogP contribution >= 0.6 is 0 Å². The molecule has 4 heteroatoms. The zero-order valence-electron chi connectivity index (χ0n) is 15.4. The van der Waals surface area contributed by atoms with Crippen LogP contribution in [0.3, 0.4) is 0 Å². The molecule has 1 aliphatic rings. The van der Waals surface area contributed by atoms with Gasteiger partial charge in [-0.05, 0) is 48.8 Å². The van der Waals surface area contributed by atoms with Gasteiger partial charge in [-0.15, -0.1) is 0 Å². The molecule has 4 rings (SSSR count). The number of hydrogen-bond donors (Lipinski definition) is 0. The van der Waals surface area contributed by atoms with E-state index in [1.807, 2.05) is 32.0 Å². The largest absolute Gasteiger partial charge is 0.368 e. The number of halogens is 1. The van der Waals surface area contributed by atoms with E-state index in [0.717, 1.165) is 46.8 Å². The maximum atomic E-state index is 13.4. The van der Waals surface area contributed by atoms with Crippen LogP contribution in [-0.2, 0) is 6.54 Å². The lowest BCUT2D eigenvalue weighted by Gasteiger charge is -2.28. The fourth-order valence-electron chi connectivity index (χ4n) is 3.52. The molecule has 0 bridgehead atoms. The SMILES string of the molecule is Cc1noc(C)c1C1=CN(Cc2ccccc2)CC(c2ccc(F)cc2)=C1. The zero-order chi connectivity index (χ0) is 18.8. The Morgan fingerprint density at radius 2 is 1.78 bits per heavy atom. The van der Waals surface area contributed by atoms with Gasteiger partial charge in [-0.1, -0.05) is 47.6 Å². The van der Waals surface area contributed by atoms with Gasteiger partial charge >= 0.3 is 0 Å². The van der Waals surface area contributed by atoms with E-state index in [-0.39, 0.29) is 5.82 Å². The quantitative estimate of drug-likeness (QED) is 0.626. The van der Waals surface area contributed by atoms with Crippen LogP contribution in [0.15, 0.2) is 71.4 Å². The summed E-state index contributed by atoms with van der Waals surface area (Å²) in [5.74, 6) is 0.577. The zero-order valence-corrected chi connectivity index (χ0v) is 15.4. The predicted octanol–water partition coefficient (Wildman–Crippen LogP) is 5.37. The Kier molecular flexibility index (Phi) is 4.63. The van der Waals surface area contributed by atoms with Crippen molar-refractivity contribution >= 4 is 11.1 Å². The number of aromatic nitrogens is 1. The van der Waals surface area contributed by atoms with Crippen LogP contribution < -0.4 is 0 Å². The first kappa shape index (κ1) is 17.3. The van der Waals surface area contributed by atoms with Crippen molar-refractivity contribution in [3.8, 4) is 0 Å². The molecule has 2 heterocycles. The molecule has 0 atom stereocenters. The first-order chi connectivity index (χ1) is 13.1. The maximum absolute atomic E-state index is 13.4. The lowest BCUT2D eigenvalue weighted by molar-refractivity contribution is 0.392. The molecule has 0 radical (unpaired) electrons. The molecule has 0 N–H and O–H groups in total. The molecule has 0 aliphatic carbocycles. The molecule has 1 aliphatic heterocycles. The molecule has 0 saturated heterocycles. The van der Waals surface area contributed by atoms with E-state index in [2.05, 4.69) is 46.6 Å². The van der Waals surface area contributed by atoms with Gasteiger partial charge in [0.25, 0.3) is 0 Å². The van der Waals surface area contributed by atoms with Crippen molar-refractivity contribution in [2.75, 3.05) is 6.54 Å². The average Bonchev–Trinajstić information content (AvgIpc) is 3.01. The van der Waals surface area contributed by atoms with Crippen LogP contribution in [0.4, 0.5) is 4.39 Å². The topological polar surface area (TPSA) is 29.3 Å². The van der Waals surface area contributed by atoms with E-state index in [9.17, 15) is 4.39 Å². The van der Waals surface area contributed by atoms with Crippen LogP contribution in [0.25, 0.3) is 11.1 Å². The van der Waals surface area contributed by atoms with Gasteiger partial charge in [-0.25, -0.2) is 4.39 Å². The van der Waals surface area contributed by atoms with Crippen molar-refractivity contribution in [2.24, 2.45) is 0 Å². The van der Waals surface area contributed by atoms with Crippen LogP contribution in [-0.4, -0.2) is 16.6 Å². The van der Waals surface area contributed by atoms with Gasteiger partial charge in [0.2, 0.25) is 0 Å². The molecular formula is C23H21FN2O. The summed E-state index contributed by atoms with van der Waals surface area (Å²) >= 11 is 0. The second-order valence-electron chi connectivity index (χ2n) is 6.85. The fourth-order valence-corrected chi connectivity index (χ4v) is 3.52. The normalized spacial score (nSPS) is 14.1. The number of hydrogen-bond acceptors (Lipinski definition) is 3. The van der Waals surface area contributed by atoms with Crippen LogP contribution in [0.5, 0.6) is 0 Å². The van der Waals surface area contributed by atoms with E-state index in [1.165, 1.54) is 17.7 Å². The van der Waals surface area contributed by atoms with Crippen molar-refractivity contribution in [2.45, 2.75) is 20.4 Å². The Labute approximate surface area is 158 Å². The van der Waals surface area contributed by atoms with Crippen molar-refractivity contribution in [1.29, 1.82) is 0 Å². The second-order valence-corrected chi connectivity index (χ2v) is 6.85. The third-order valence-corrected chi connectivity index (χ3v) is 4.79. The predicted molar refractivity (Wildman–Crippen MR) is 105 cm³/mol. The Hall–Kier alpha value is -3.14. The summed E-state index contributed by atoms with van der Waals surface area (Å²) in [7, 11) is 0. The van der Waals surface area contributed by atoms with Gasteiger partial charge in [0.1, 0.15) is 11.6 Å². The fraction of sp³-hybridized carbons (Fsp3) is 0.174. The lowest BCUT2D eigenvalue weighted by Crippen LogP contribution is -2.22. The van der Waals surface area contributed by atoms with Gasteiger partial charge in [0.05, 0.1) is 5.69 Å². The minimum atomic E-state index is -0.224. The summed E-state index contributed by atoms with van der Waals surface area (Å²) in [5.41, 5.74) is 6.36. The number of benzene rings is 2. The van der Waals surface area contributed by atoms with Gasteiger partial charge in [-0.3, -0.25) is 0 Å². The summed E-state index contributed by atoms with van der Waals surface area (Å²) in [5, 5.41) is 4.10. The summed E-state index contributed by atoms with van der Waals surface area (Å²) < 4.78 is 18.7. The standard InChI is InChI=1S/C23H21FN2O/c1-16-23(17(2)27-25-16)21-12-20(19-8-10-22(24)11-9-19)14-26(15-21)13-18-6-4-3-5-7-18/h3-12,15H,13-14H2,1-2H3. The summed E-state index contributed by atoms with van der Waals surface area (Å²) in [4.78, 5) is 2.27. The summed E-state index contributed by atoms with van der Waals surface area (Å²) in [6.07, 6.45) is 4.31. The van der Waals surface area contributed by atoms with Gasteiger partial charge in [-0.2, -0.15) is 0 Å². The summed E-state index contributed by atoms with van der Waals surface area (Å²) in [6.45, 7) is 5.44. The Morgan fingerprint density at radius 1 is 1.04 bits per heavy atom. The van der Waals surface area contributed by atoms with Crippen LogP contribution in [0, 0.1) is 19.7 Å². The smallest absolute Gasteiger partial charge is 0.141 e. The lowest BCUT2D eigenvalue weighted by atomic mass is 9.95. The molecule has 27 heavy (non-hydrogen) atoms. The molecule has 3 nitrogen and oxygen atoms in total. The van der Waals surface area contributed by atoms with E-state index in [1.54, 1.807) is 0 Å². The highest BCUT2D eigenvalue weighted by Crippen LogP contribution is 2.32. The number of rotatable bonds is 4. The second kappa shape index (κ2) is 7.23. The molecule has 136 valence electrons. The highest BCUT2D eigenvalue weighted by Gasteiger charge is 2.20. The van der Waals surface area contributed by atoms with Gasteiger partial charge in [0, 0.05) is 30.4 Å². The molecule has 3 aromatic rings. The molecule has 1 aromatic heterocycles. The Balaban J connectivity index is 1.73. The minimum Gasteiger partial charge on any atom is -0.368 e. The average molecular weight is 360 g/mol. The highest BCUT2D eigenvalue weighted by molar-refractivity contribution is 5.87. The van der Waals surface area contributed by atoms with Crippen LogP contribution in [0.1, 0.15) is 28.1 Å². The van der Waals surface area contributed by atoms with Gasteiger partial charge < -0.3 is 9.42 Å². The molecule has 2 aromatic carbocycles. The van der Waals surface area contributed by atoms with Crippen LogP contribution in [0.2, 0.25) is 0 Å². The van der Waals surface area contributed by atoms with Gasteiger partial charge in [0.15, 0.2) is 0 Å². The highest BCUT2D eigenvalue weighted by atomic mass is 19.1. The number of nitrogens with zero attached hydrogens (tertiary/aromatic N) is 2. The number of allylic oxidation sites excluding steroid dienone is 2. The molecule has 0 amide bonds.